The molecular weight excluding hydrogens is 278 g/mol. The Morgan fingerprint density at radius 3 is 2.10 bits per heavy atom. The molecule has 0 radical (unpaired) electrons. The molecule has 1 aromatic carbocycles. The van der Waals surface area contributed by atoms with Gasteiger partial charge in [-0.25, -0.2) is 0 Å². The normalized spacial score (nSPS) is 9.55. The Kier molecular flexibility index (Phi) is 8.59. The molecule has 2 N–H and O–H groups in total. The number of hydrogen-bond donors (Lipinski definition) is 2. The van der Waals surface area contributed by atoms with E-state index < -0.39 is 0 Å². The topological polar surface area (TPSA) is 61.4 Å². The van der Waals surface area contributed by atoms with Crippen molar-refractivity contribution in [3.05, 3.63) is 35.4 Å². The third kappa shape index (κ3) is 5.59. The van der Waals surface area contributed by atoms with Crippen LogP contribution in [0, 0.1) is 0 Å². The number of rotatable bonds is 6. The van der Waals surface area contributed by atoms with Gasteiger partial charge in [-0.1, -0.05) is 6.92 Å². The molecule has 2 amide bonds. The monoisotopic (exact) mass is 299 g/mol. The highest BCUT2D eigenvalue weighted by molar-refractivity contribution is 5.97. The van der Waals surface area contributed by atoms with Crippen LogP contribution in [0.1, 0.15) is 27.6 Å². The molecule has 0 aromatic heterocycles. The van der Waals surface area contributed by atoms with Gasteiger partial charge in [0, 0.05) is 38.3 Å². The summed E-state index contributed by atoms with van der Waals surface area (Å²) in [5.74, 6) is -0.194. The van der Waals surface area contributed by atoms with Crippen molar-refractivity contribution >= 4 is 24.2 Å². The molecule has 0 fully saturated rings. The standard InChI is InChI=1S/C14H21N3O2.ClH/c1-4-15-9-10-16-13(18)11-5-7-12(8-6-11)14(19)17(2)3;/h5-8,15H,4,9-10H2,1-3H3,(H,16,18);1H. The molecule has 0 bridgehead atoms. The Morgan fingerprint density at radius 2 is 1.60 bits per heavy atom. The van der Waals surface area contributed by atoms with Gasteiger partial charge in [0.2, 0.25) is 0 Å². The zero-order chi connectivity index (χ0) is 14.3. The van der Waals surface area contributed by atoms with Crippen LogP contribution in [-0.4, -0.2) is 50.4 Å². The van der Waals surface area contributed by atoms with E-state index in [9.17, 15) is 9.59 Å². The number of carbonyl (C=O) groups excluding carboxylic acids is 2. The molecule has 0 saturated heterocycles. The van der Waals surface area contributed by atoms with Crippen molar-refractivity contribution in [1.82, 2.24) is 15.5 Å². The van der Waals surface area contributed by atoms with Crippen LogP contribution in [-0.2, 0) is 0 Å². The highest BCUT2D eigenvalue weighted by atomic mass is 35.5. The van der Waals surface area contributed by atoms with E-state index in [4.69, 9.17) is 0 Å². The van der Waals surface area contributed by atoms with Crippen molar-refractivity contribution in [2.24, 2.45) is 0 Å². The molecule has 6 heteroatoms. The van der Waals surface area contributed by atoms with Gasteiger partial charge in [-0.05, 0) is 30.8 Å². The Bertz CT molecular complexity index is 433. The Hall–Kier alpha value is -1.59. The van der Waals surface area contributed by atoms with Gasteiger partial charge in [0.25, 0.3) is 11.8 Å². The lowest BCUT2D eigenvalue weighted by Gasteiger charge is -2.10. The molecule has 0 aliphatic heterocycles. The van der Waals surface area contributed by atoms with E-state index in [0.29, 0.717) is 17.7 Å². The number of amides is 2. The largest absolute Gasteiger partial charge is 0.351 e. The molecule has 20 heavy (non-hydrogen) atoms. The van der Waals surface area contributed by atoms with Crippen molar-refractivity contribution in [2.75, 3.05) is 33.7 Å². The second-order valence-corrected chi connectivity index (χ2v) is 4.39. The lowest BCUT2D eigenvalue weighted by molar-refractivity contribution is 0.0826. The van der Waals surface area contributed by atoms with Gasteiger partial charge in [0.1, 0.15) is 0 Å². The molecule has 0 aliphatic carbocycles. The van der Waals surface area contributed by atoms with Gasteiger partial charge in [-0.15, -0.1) is 12.4 Å². The molecule has 0 heterocycles. The lowest BCUT2D eigenvalue weighted by Crippen LogP contribution is -2.31. The van der Waals surface area contributed by atoms with E-state index in [-0.39, 0.29) is 24.2 Å². The Balaban J connectivity index is 0.00000361. The van der Waals surface area contributed by atoms with Crippen LogP contribution >= 0.6 is 12.4 Å². The van der Waals surface area contributed by atoms with Gasteiger partial charge >= 0.3 is 0 Å². The van der Waals surface area contributed by atoms with E-state index >= 15 is 0 Å². The molecular formula is C14H22ClN3O2. The fourth-order valence-corrected chi connectivity index (χ4v) is 1.57. The van der Waals surface area contributed by atoms with Gasteiger partial charge in [-0.2, -0.15) is 0 Å². The summed E-state index contributed by atoms with van der Waals surface area (Å²) in [5, 5.41) is 5.94. The molecule has 0 atom stereocenters. The van der Waals surface area contributed by atoms with E-state index in [1.54, 1.807) is 38.4 Å². The summed E-state index contributed by atoms with van der Waals surface area (Å²) in [7, 11) is 3.40. The summed E-state index contributed by atoms with van der Waals surface area (Å²) in [5.41, 5.74) is 1.14. The molecule has 1 aromatic rings. The summed E-state index contributed by atoms with van der Waals surface area (Å²) in [6.07, 6.45) is 0. The van der Waals surface area contributed by atoms with E-state index in [1.165, 1.54) is 4.90 Å². The molecule has 1 rings (SSSR count). The first-order valence-corrected chi connectivity index (χ1v) is 6.37. The third-order valence-corrected chi connectivity index (χ3v) is 2.64. The summed E-state index contributed by atoms with van der Waals surface area (Å²) in [6.45, 7) is 4.24. The van der Waals surface area contributed by atoms with Crippen molar-refractivity contribution in [1.29, 1.82) is 0 Å². The molecule has 112 valence electrons. The second kappa shape index (κ2) is 9.34. The van der Waals surface area contributed by atoms with Crippen molar-refractivity contribution in [2.45, 2.75) is 6.92 Å². The van der Waals surface area contributed by atoms with Gasteiger partial charge in [0.15, 0.2) is 0 Å². The van der Waals surface area contributed by atoms with Gasteiger partial charge in [0.05, 0.1) is 0 Å². The minimum atomic E-state index is -0.123. The van der Waals surface area contributed by atoms with E-state index in [0.717, 1.165) is 13.1 Å². The molecule has 5 nitrogen and oxygen atoms in total. The first-order valence-electron chi connectivity index (χ1n) is 6.37. The Labute approximate surface area is 126 Å². The number of likely N-dealkylation sites (N-methyl/N-ethyl adjacent to an activating group) is 1. The predicted molar refractivity (Wildman–Crippen MR) is 82.6 cm³/mol. The third-order valence-electron chi connectivity index (χ3n) is 2.64. The lowest BCUT2D eigenvalue weighted by atomic mass is 10.1. The van der Waals surface area contributed by atoms with Crippen LogP contribution < -0.4 is 10.6 Å². The number of carbonyl (C=O) groups is 2. The first kappa shape index (κ1) is 18.4. The van der Waals surface area contributed by atoms with Crippen molar-refractivity contribution in [3.8, 4) is 0 Å². The van der Waals surface area contributed by atoms with Crippen LogP contribution in [0.2, 0.25) is 0 Å². The summed E-state index contributed by atoms with van der Waals surface area (Å²) >= 11 is 0. The fraction of sp³-hybridized carbons (Fsp3) is 0.429. The maximum atomic E-state index is 11.8. The van der Waals surface area contributed by atoms with Crippen LogP contribution in [0.25, 0.3) is 0 Å². The highest BCUT2D eigenvalue weighted by Gasteiger charge is 2.09. The smallest absolute Gasteiger partial charge is 0.253 e. The zero-order valence-corrected chi connectivity index (χ0v) is 12.9. The van der Waals surface area contributed by atoms with Crippen molar-refractivity contribution < 1.29 is 9.59 Å². The number of hydrogen-bond acceptors (Lipinski definition) is 3. The molecule has 0 spiro atoms. The minimum Gasteiger partial charge on any atom is -0.351 e. The number of nitrogens with zero attached hydrogens (tertiary/aromatic N) is 1. The average Bonchev–Trinajstić information content (AvgIpc) is 2.42. The highest BCUT2D eigenvalue weighted by Crippen LogP contribution is 2.06. The second-order valence-electron chi connectivity index (χ2n) is 4.39. The number of benzene rings is 1. The van der Waals surface area contributed by atoms with Crippen LogP contribution in [0.3, 0.4) is 0 Å². The average molecular weight is 300 g/mol. The summed E-state index contributed by atoms with van der Waals surface area (Å²) < 4.78 is 0. The summed E-state index contributed by atoms with van der Waals surface area (Å²) in [6, 6.07) is 6.67. The van der Waals surface area contributed by atoms with Crippen LogP contribution in [0.15, 0.2) is 24.3 Å². The maximum Gasteiger partial charge on any atom is 0.253 e. The van der Waals surface area contributed by atoms with Gasteiger partial charge in [-0.3, -0.25) is 9.59 Å². The zero-order valence-electron chi connectivity index (χ0n) is 12.1. The van der Waals surface area contributed by atoms with Crippen LogP contribution in [0.5, 0.6) is 0 Å². The molecule has 0 saturated carbocycles. The predicted octanol–water partition coefficient (Wildman–Crippen LogP) is 1.15. The quantitative estimate of drug-likeness (QED) is 0.775. The number of halogens is 1. The SMILES string of the molecule is CCNCCNC(=O)c1ccc(C(=O)N(C)C)cc1.Cl. The maximum absolute atomic E-state index is 11.8. The minimum absolute atomic E-state index is 0. The van der Waals surface area contributed by atoms with Crippen molar-refractivity contribution in [3.63, 3.8) is 0 Å². The molecule has 0 unspecified atom stereocenters. The summed E-state index contributed by atoms with van der Waals surface area (Å²) in [4.78, 5) is 25.0. The fourth-order valence-electron chi connectivity index (χ4n) is 1.57. The number of nitrogens with one attached hydrogen (secondary N) is 2. The van der Waals surface area contributed by atoms with E-state index in [1.807, 2.05) is 6.92 Å². The molecule has 0 aliphatic rings. The first-order chi connectivity index (χ1) is 9.06. The van der Waals surface area contributed by atoms with Gasteiger partial charge < -0.3 is 15.5 Å². The Morgan fingerprint density at radius 1 is 1.05 bits per heavy atom. The van der Waals surface area contributed by atoms with Crippen LogP contribution in [0.4, 0.5) is 0 Å². The van der Waals surface area contributed by atoms with E-state index in [2.05, 4.69) is 10.6 Å².